The lowest BCUT2D eigenvalue weighted by atomic mass is 10.1. The molecule has 0 N–H and O–H groups in total. The van der Waals surface area contributed by atoms with E-state index < -0.39 is 0 Å². The van der Waals surface area contributed by atoms with Crippen LogP contribution in [0.4, 0.5) is 0 Å². The SMILES string of the molecule is C/C=C/c1cnc(-c2cccc(Cc3nn(-c4cnn(C)c4)ccc3=O)c2)nc1. The minimum Gasteiger partial charge on any atom is -0.288 e. The van der Waals surface area contributed by atoms with Gasteiger partial charge in [-0.25, -0.2) is 14.6 Å². The number of allylic oxidation sites excluding steroid dienone is 1. The average Bonchev–Trinajstić information content (AvgIpc) is 3.17. The number of aromatic nitrogens is 6. The highest BCUT2D eigenvalue weighted by Gasteiger charge is 2.08. The van der Waals surface area contributed by atoms with Gasteiger partial charge < -0.3 is 0 Å². The number of rotatable bonds is 5. The van der Waals surface area contributed by atoms with Crippen LogP contribution in [0.5, 0.6) is 0 Å². The number of benzene rings is 1. The molecule has 0 fully saturated rings. The Morgan fingerprint density at radius 2 is 1.93 bits per heavy atom. The number of nitrogens with zero attached hydrogens (tertiary/aromatic N) is 6. The van der Waals surface area contributed by atoms with Crippen LogP contribution in [0, 0.1) is 0 Å². The second kappa shape index (κ2) is 8.02. The molecular formula is C22H20N6O. The third-order valence-corrected chi connectivity index (χ3v) is 4.42. The molecule has 4 aromatic rings. The molecule has 0 amide bonds. The highest BCUT2D eigenvalue weighted by atomic mass is 16.1. The van der Waals surface area contributed by atoms with Gasteiger partial charge >= 0.3 is 0 Å². The molecule has 0 spiro atoms. The lowest BCUT2D eigenvalue weighted by molar-refractivity contribution is 0.762. The second-order valence-electron chi connectivity index (χ2n) is 6.66. The quantitative estimate of drug-likeness (QED) is 0.528. The summed E-state index contributed by atoms with van der Waals surface area (Å²) < 4.78 is 3.36. The first-order chi connectivity index (χ1) is 14.1. The topological polar surface area (TPSA) is 78.5 Å². The van der Waals surface area contributed by atoms with Crippen LogP contribution in [0.2, 0.25) is 0 Å². The van der Waals surface area contributed by atoms with Gasteiger partial charge in [0.15, 0.2) is 5.82 Å². The minimum absolute atomic E-state index is 0.0949. The summed E-state index contributed by atoms with van der Waals surface area (Å²) in [5.74, 6) is 0.647. The summed E-state index contributed by atoms with van der Waals surface area (Å²) in [5.41, 5.74) is 4.00. The van der Waals surface area contributed by atoms with E-state index in [9.17, 15) is 4.79 Å². The molecule has 3 aromatic heterocycles. The van der Waals surface area contributed by atoms with Gasteiger partial charge in [0.05, 0.1) is 12.4 Å². The molecule has 0 atom stereocenters. The van der Waals surface area contributed by atoms with Crippen molar-refractivity contribution >= 4 is 6.08 Å². The molecule has 0 saturated heterocycles. The lowest BCUT2D eigenvalue weighted by Crippen LogP contribution is -2.16. The van der Waals surface area contributed by atoms with Crippen molar-refractivity contribution in [2.45, 2.75) is 13.3 Å². The molecule has 0 aliphatic heterocycles. The molecule has 1 aromatic carbocycles. The van der Waals surface area contributed by atoms with Gasteiger partial charge in [0.25, 0.3) is 0 Å². The van der Waals surface area contributed by atoms with E-state index in [1.54, 1.807) is 34.2 Å². The number of hydrogen-bond acceptors (Lipinski definition) is 5. The molecule has 144 valence electrons. The van der Waals surface area contributed by atoms with E-state index in [4.69, 9.17) is 0 Å². The van der Waals surface area contributed by atoms with Gasteiger partial charge in [-0.1, -0.05) is 30.4 Å². The van der Waals surface area contributed by atoms with Crippen LogP contribution >= 0.6 is 0 Å². The summed E-state index contributed by atoms with van der Waals surface area (Å²) in [6, 6.07) is 9.40. The van der Waals surface area contributed by atoms with E-state index in [0.717, 1.165) is 22.4 Å². The van der Waals surface area contributed by atoms with E-state index >= 15 is 0 Å². The minimum atomic E-state index is -0.0949. The zero-order valence-corrected chi connectivity index (χ0v) is 16.2. The Labute approximate surface area is 168 Å². The Hall–Kier alpha value is -3.87. The smallest absolute Gasteiger partial charge is 0.203 e. The molecule has 0 unspecified atom stereocenters. The molecule has 0 aliphatic carbocycles. The molecule has 7 heteroatoms. The molecule has 29 heavy (non-hydrogen) atoms. The molecule has 0 radical (unpaired) electrons. The molecule has 7 nitrogen and oxygen atoms in total. The number of hydrogen-bond donors (Lipinski definition) is 0. The molecule has 0 aliphatic rings. The molecule has 4 rings (SSSR count). The van der Waals surface area contributed by atoms with Crippen LogP contribution in [0.1, 0.15) is 23.7 Å². The molecular weight excluding hydrogens is 364 g/mol. The second-order valence-corrected chi connectivity index (χ2v) is 6.66. The van der Waals surface area contributed by atoms with Crippen molar-refractivity contribution in [3.8, 4) is 17.1 Å². The van der Waals surface area contributed by atoms with Crippen molar-refractivity contribution in [3.05, 3.63) is 94.4 Å². The van der Waals surface area contributed by atoms with Crippen molar-refractivity contribution in [3.63, 3.8) is 0 Å². The Morgan fingerprint density at radius 3 is 2.66 bits per heavy atom. The van der Waals surface area contributed by atoms with Gasteiger partial charge in [-0.3, -0.25) is 9.48 Å². The maximum atomic E-state index is 12.3. The first-order valence-electron chi connectivity index (χ1n) is 9.24. The van der Waals surface area contributed by atoms with Crippen LogP contribution < -0.4 is 5.43 Å². The normalized spacial score (nSPS) is 11.2. The van der Waals surface area contributed by atoms with Crippen molar-refractivity contribution in [1.82, 2.24) is 29.5 Å². The lowest BCUT2D eigenvalue weighted by Gasteiger charge is -2.07. The van der Waals surface area contributed by atoms with Gasteiger partial charge in [0.1, 0.15) is 11.4 Å². The van der Waals surface area contributed by atoms with Crippen LogP contribution in [-0.4, -0.2) is 29.5 Å². The highest BCUT2D eigenvalue weighted by Crippen LogP contribution is 2.18. The van der Waals surface area contributed by atoms with Crippen LogP contribution in [0.15, 0.2) is 72.2 Å². The average molecular weight is 384 g/mol. The van der Waals surface area contributed by atoms with E-state index in [2.05, 4.69) is 20.2 Å². The third kappa shape index (κ3) is 4.19. The van der Waals surface area contributed by atoms with Gasteiger partial charge in [-0.15, -0.1) is 0 Å². The van der Waals surface area contributed by atoms with Crippen molar-refractivity contribution in [2.75, 3.05) is 0 Å². The Kier molecular flexibility index (Phi) is 5.11. The van der Waals surface area contributed by atoms with E-state index in [0.29, 0.717) is 17.9 Å². The van der Waals surface area contributed by atoms with Crippen LogP contribution in [0.3, 0.4) is 0 Å². The fourth-order valence-corrected chi connectivity index (χ4v) is 3.02. The maximum absolute atomic E-state index is 12.3. The fourth-order valence-electron chi connectivity index (χ4n) is 3.02. The van der Waals surface area contributed by atoms with Crippen molar-refractivity contribution in [2.24, 2.45) is 7.05 Å². The highest BCUT2D eigenvalue weighted by molar-refractivity contribution is 5.57. The first kappa shape index (κ1) is 18.5. The predicted octanol–water partition coefficient (Wildman–Crippen LogP) is 3.05. The monoisotopic (exact) mass is 384 g/mol. The van der Waals surface area contributed by atoms with Crippen LogP contribution in [-0.2, 0) is 13.5 Å². The zero-order valence-electron chi connectivity index (χ0n) is 16.2. The fraction of sp³-hybridized carbons (Fsp3) is 0.136. The maximum Gasteiger partial charge on any atom is 0.203 e. The summed E-state index contributed by atoms with van der Waals surface area (Å²) in [6.07, 6.45) is 13.1. The van der Waals surface area contributed by atoms with Gasteiger partial charge in [-0.05, 0) is 18.6 Å². The molecule has 0 bridgehead atoms. The van der Waals surface area contributed by atoms with E-state index in [1.807, 2.05) is 56.6 Å². The van der Waals surface area contributed by atoms with Gasteiger partial charge in [0.2, 0.25) is 5.43 Å². The zero-order chi connectivity index (χ0) is 20.2. The Balaban J connectivity index is 1.62. The predicted molar refractivity (Wildman–Crippen MR) is 112 cm³/mol. The summed E-state index contributed by atoms with van der Waals surface area (Å²) in [6.45, 7) is 1.96. The molecule has 3 heterocycles. The standard InChI is InChI=1S/C22H20N6O/c1-3-5-17-12-23-22(24-13-17)18-7-4-6-16(10-18)11-20-21(29)8-9-28(26-20)19-14-25-27(2)15-19/h3-10,12-15H,11H2,1-2H3/b5-3+. The summed E-state index contributed by atoms with van der Waals surface area (Å²) >= 11 is 0. The molecule has 0 saturated carbocycles. The Morgan fingerprint density at radius 1 is 1.10 bits per heavy atom. The summed E-state index contributed by atoms with van der Waals surface area (Å²) in [7, 11) is 1.84. The van der Waals surface area contributed by atoms with Crippen molar-refractivity contribution < 1.29 is 0 Å². The van der Waals surface area contributed by atoms with Gasteiger partial charge in [-0.2, -0.15) is 10.2 Å². The van der Waals surface area contributed by atoms with Crippen molar-refractivity contribution in [1.29, 1.82) is 0 Å². The summed E-state index contributed by atoms with van der Waals surface area (Å²) in [4.78, 5) is 21.2. The van der Waals surface area contributed by atoms with Gasteiger partial charge in [0, 0.05) is 49.3 Å². The van der Waals surface area contributed by atoms with E-state index in [-0.39, 0.29) is 5.43 Å². The summed E-state index contributed by atoms with van der Waals surface area (Å²) in [5, 5.41) is 8.65. The first-order valence-corrected chi connectivity index (χ1v) is 9.24. The largest absolute Gasteiger partial charge is 0.288 e. The Bertz CT molecular complexity index is 1220. The van der Waals surface area contributed by atoms with E-state index in [1.165, 1.54) is 6.07 Å². The number of aryl methyl sites for hydroxylation is 1. The third-order valence-electron chi connectivity index (χ3n) is 4.42. The van der Waals surface area contributed by atoms with Crippen LogP contribution in [0.25, 0.3) is 23.2 Å².